The van der Waals surface area contributed by atoms with E-state index in [1.807, 2.05) is 24.3 Å². The van der Waals surface area contributed by atoms with E-state index in [1.165, 1.54) is 44.5 Å². The Morgan fingerprint density at radius 3 is 1.93 bits per heavy atom. The van der Waals surface area contributed by atoms with Gasteiger partial charge in [-0.1, -0.05) is 31.2 Å². The summed E-state index contributed by atoms with van der Waals surface area (Å²) in [6.45, 7) is 6.60. The first-order valence-electron chi connectivity index (χ1n) is 12.8. The largest absolute Gasteiger partial charge is 0.475 e. The minimum Gasteiger partial charge on any atom is -0.475 e. The molecule has 0 spiro atoms. The molecule has 40 heavy (non-hydrogen) atoms. The van der Waals surface area contributed by atoms with Crippen LogP contribution in [0.3, 0.4) is 0 Å². The molecule has 0 amide bonds. The maximum atomic E-state index is 14.3. The van der Waals surface area contributed by atoms with Crippen LogP contribution in [0.4, 0.5) is 4.39 Å². The van der Waals surface area contributed by atoms with Crippen molar-refractivity contribution in [1.82, 2.24) is 0 Å². The molecule has 1 saturated heterocycles. The standard InChI is InChI=1S/C29H33FO9S/c1-6-20-7-9-21(10-8-20)13-22-14-23(30)11-12-24(22)39-29-28(38-19(5)34)27(37-18(4)33)26(36-17(3)32)25(40-29)15-35-16(2)31/h7-12,14,25-29H,6,13,15H2,1-5H3/t25-,26-,27+,28-,29-/m1/s1. The molecule has 0 aromatic heterocycles. The Kier molecular flexibility index (Phi) is 10.9. The number of aryl methyl sites for hydroxylation is 1. The van der Waals surface area contributed by atoms with Crippen LogP contribution in [0.15, 0.2) is 42.5 Å². The first-order chi connectivity index (χ1) is 19.0. The predicted octanol–water partition coefficient (Wildman–Crippen LogP) is 4.16. The molecule has 11 heteroatoms. The molecule has 9 nitrogen and oxygen atoms in total. The van der Waals surface area contributed by atoms with Crippen molar-refractivity contribution in [2.75, 3.05) is 6.61 Å². The smallest absolute Gasteiger partial charge is 0.303 e. The maximum Gasteiger partial charge on any atom is 0.303 e. The fourth-order valence-electron chi connectivity index (χ4n) is 4.32. The topological polar surface area (TPSA) is 114 Å². The van der Waals surface area contributed by atoms with Crippen molar-refractivity contribution in [1.29, 1.82) is 0 Å². The minimum absolute atomic E-state index is 0.206. The summed E-state index contributed by atoms with van der Waals surface area (Å²) in [5.74, 6) is -2.79. The zero-order valence-electron chi connectivity index (χ0n) is 23.0. The lowest BCUT2D eigenvalue weighted by molar-refractivity contribution is -0.190. The summed E-state index contributed by atoms with van der Waals surface area (Å²) in [7, 11) is 0. The van der Waals surface area contributed by atoms with E-state index in [0.29, 0.717) is 17.7 Å². The lowest BCUT2D eigenvalue weighted by Crippen LogP contribution is -2.59. The van der Waals surface area contributed by atoms with Gasteiger partial charge in [-0.05, 0) is 35.7 Å². The van der Waals surface area contributed by atoms with Gasteiger partial charge in [-0.2, -0.15) is 0 Å². The Labute approximate surface area is 236 Å². The highest BCUT2D eigenvalue weighted by atomic mass is 32.2. The lowest BCUT2D eigenvalue weighted by atomic mass is 10.0. The van der Waals surface area contributed by atoms with Crippen LogP contribution in [0.2, 0.25) is 0 Å². The van der Waals surface area contributed by atoms with Gasteiger partial charge in [0.2, 0.25) is 0 Å². The summed E-state index contributed by atoms with van der Waals surface area (Å²) in [6.07, 6.45) is -2.38. The van der Waals surface area contributed by atoms with Crippen molar-refractivity contribution < 1.29 is 47.3 Å². The van der Waals surface area contributed by atoms with Crippen LogP contribution in [0.25, 0.3) is 0 Å². The summed E-state index contributed by atoms with van der Waals surface area (Å²) in [4.78, 5) is 47.7. The van der Waals surface area contributed by atoms with Gasteiger partial charge >= 0.3 is 23.9 Å². The van der Waals surface area contributed by atoms with Crippen molar-refractivity contribution >= 4 is 35.6 Å². The molecule has 3 rings (SSSR count). The van der Waals surface area contributed by atoms with Crippen LogP contribution in [0.1, 0.15) is 51.3 Å². The van der Waals surface area contributed by atoms with Gasteiger partial charge in [0, 0.05) is 39.7 Å². The van der Waals surface area contributed by atoms with Crippen LogP contribution < -0.4 is 4.74 Å². The van der Waals surface area contributed by atoms with Gasteiger partial charge in [-0.15, -0.1) is 11.8 Å². The summed E-state index contributed by atoms with van der Waals surface area (Å²) >= 11 is 1.08. The zero-order chi connectivity index (χ0) is 29.4. The van der Waals surface area contributed by atoms with Crippen LogP contribution >= 0.6 is 11.8 Å². The third-order valence-corrected chi connectivity index (χ3v) is 7.43. The molecule has 216 valence electrons. The number of benzene rings is 2. The van der Waals surface area contributed by atoms with Gasteiger partial charge in [-0.25, -0.2) is 4.39 Å². The summed E-state index contributed by atoms with van der Waals surface area (Å²) < 4.78 is 42.4. The predicted molar refractivity (Wildman–Crippen MR) is 144 cm³/mol. The van der Waals surface area contributed by atoms with Gasteiger partial charge in [-0.3, -0.25) is 19.2 Å². The SMILES string of the molecule is CCc1ccc(Cc2cc(F)ccc2O[C@@H]2S[C@H](COC(C)=O)[C@@H](OC(C)=O)[C@H](OC(C)=O)[C@H]2OC(C)=O)cc1. The van der Waals surface area contributed by atoms with Crippen molar-refractivity contribution in [3.8, 4) is 5.75 Å². The molecule has 2 aromatic carbocycles. The fraction of sp³-hybridized carbons (Fsp3) is 0.448. The van der Waals surface area contributed by atoms with Gasteiger partial charge in [0.05, 0.1) is 5.25 Å². The molecule has 2 aromatic rings. The summed E-state index contributed by atoms with van der Waals surface area (Å²) in [5, 5.41) is -0.751. The third-order valence-electron chi connectivity index (χ3n) is 6.04. The highest BCUT2D eigenvalue weighted by molar-refractivity contribution is 8.00. The van der Waals surface area contributed by atoms with Crippen molar-refractivity contribution in [2.45, 2.75) is 76.5 Å². The molecular weight excluding hydrogens is 543 g/mol. The second kappa shape index (κ2) is 14.2. The molecule has 0 bridgehead atoms. The highest BCUT2D eigenvalue weighted by Crippen LogP contribution is 2.40. The van der Waals surface area contributed by atoms with Crippen molar-refractivity contribution in [3.05, 3.63) is 65.0 Å². The Hall–Kier alpha value is -3.60. The number of hydrogen-bond acceptors (Lipinski definition) is 10. The number of carbonyl (C=O) groups excluding carboxylic acids is 4. The molecular formula is C29H33FO9S. The summed E-state index contributed by atoms with van der Waals surface area (Å²) in [5.41, 5.74) is 1.63. The number of esters is 4. The zero-order valence-corrected chi connectivity index (χ0v) is 23.8. The third kappa shape index (κ3) is 8.70. The quantitative estimate of drug-likeness (QED) is 0.302. The van der Waals surface area contributed by atoms with E-state index in [9.17, 15) is 23.6 Å². The fourth-order valence-corrected chi connectivity index (χ4v) is 5.70. The van der Waals surface area contributed by atoms with E-state index in [0.717, 1.165) is 30.7 Å². The van der Waals surface area contributed by atoms with E-state index in [2.05, 4.69) is 6.92 Å². The molecule has 1 heterocycles. The van der Waals surface area contributed by atoms with Crippen LogP contribution in [0.5, 0.6) is 5.75 Å². The first kappa shape index (κ1) is 30.9. The Balaban J connectivity index is 2.01. The lowest BCUT2D eigenvalue weighted by Gasteiger charge is -2.43. The molecule has 0 N–H and O–H groups in total. The van der Waals surface area contributed by atoms with E-state index >= 15 is 0 Å². The Morgan fingerprint density at radius 2 is 1.35 bits per heavy atom. The number of ether oxygens (including phenoxy) is 5. The van der Waals surface area contributed by atoms with E-state index < -0.39 is 58.7 Å². The van der Waals surface area contributed by atoms with Gasteiger partial charge in [0.1, 0.15) is 18.2 Å². The normalized spacial score (nSPS) is 22.1. The molecule has 1 aliphatic heterocycles. The van der Waals surface area contributed by atoms with Gasteiger partial charge in [0.25, 0.3) is 0 Å². The van der Waals surface area contributed by atoms with Gasteiger partial charge < -0.3 is 23.7 Å². The minimum atomic E-state index is -1.28. The van der Waals surface area contributed by atoms with Crippen LogP contribution in [-0.4, -0.2) is 59.5 Å². The molecule has 1 fully saturated rings. The second-order valence-electron chi connectivity index (χ2n) is 9.28. The molecule has 1 aliphatic rings. The number of carbonyl (C=O) groups is 4. The molecule has 5 atom stereocenters. The summed E-state index contributed by atoms with van der Waals surface area (Å²) in [6, 6.07) is 12.0. The molecule has 0 aliphatic carbocycles. The van der Waals surface area contributed by atoms with Crippen molar-refractivity contribution in [2.24, 2.45) is 0 Å². The van der Waals surface area contributed by atoms with Crippen LogP contribution in [0, 0.1) is 5.82 Å². The number of thioether (sulfide) groups is 1. The van der Waals surface area contributed by atoms with Crippen LogP contribution in [-0.2, 0) is 51.0 Å². The number of rotatable bonds is 10. The average molecular weight is 577 g/mol. The Bertz CT molecular complexity index is 1220. The molecule has 0 saturated carbocycles. The van der Waals surface area contributed by atoms with E-state index in [1.54, 1.807) is 0 Å². The molecule has 0 radical (unpaired) electrons. The Morgan fingerprint density at radius 1 is 0.775 bits per heavy atom. The monoisotopic (exact) mass is 576 g/mol. The maximum absolute atomic E-state index is 14.3. The average Bonchev–Trinajstić information content (AvgIpc) is 2.87. The highest BCUT2D eigenvalue weighted by Gasteiger charge is 2.53. The van der Waals surface area contributed by atoms with Gasteiger partial charge in [0.15, 0.2) is 23.7 Å². The van der Waals surface area contributed by atoms with E-state index in [4.69, 9.17) is 23.7 Å². The molecule has 0 unspecified atom stereocenters. The first-order valence-corrected chi connectivity index (χ1v) is 13.7. The second-order valence-corrected chi connectivity index (χ2v) is 10.6. The van der Waals surface area contributed by atoms with E-state index in [-0.39, 0.29) is 6.61 Å². The number of halogens is 1. The number of hydrogen-bond donors (Lipinski definition) is 0. The van der Waals surface area contributed by atoms with Crippen molar-refractivity contribution in [3.63, 3.8) is 0 Å².